The second-order valence-corrected chi connectivity index (χ2v) is 12.5. The van der Waals surface area contributed by atoms with Crippen molar-refractivity contribution in [3.05, 3.63) is 66.2 Å². The Labute approximate surface area is 221 Å². The quantitative estimate of drug-likeness (QED) is 0.345. The molecular formula is C28H41N3O5S. The van der Waals surface area contributed by atoms with Gasteiger partial charge in [-0.1, -0.05) is 83.1 Å². The summed E-state index contributed by atoms with van der Waals surface area (Å²) in [6.07, 6.45) is -0.321. The van der Waals surface area contributed by atoms with Crippen LogP contribution in [0.4, 0.5) is 0 Å². The van der Waals surface area contributed by atoms with Gasteiger partial charge >= 0.3 is 0 Å². The monoisotopic (exact) mass is 531 g/mol. The highest BCUT2D eigenvalue weighted by Gasteiger charge is 2.38. The third-order valence-electron chi connectivity index (χ3n) is 6.93. The normalized spacial score (nSPS) is 14.8. The van der Waals surface area contributed by atoms with Gasteiger partial charge in [0, 0.05) is 19.0 Å². The Morgan fingerprint density at radius 1 is 1.00 bits per heavy atom. The molecule has 0 radical (unpaired) electrons. The first-order chi connectivity index (χ1) is 17.3. The van der Waals surface area contributed by atoms with Crippen molar-refractivity contribution in [1.29, 1.82) is 0 Å². The van der Waals surface area contributed by atoms with Gasteiger partial charge in [-0.15, -0.1) is 0 Å². The van der Waals surface area contributed by atoms with Crippen LogP contribution in [0.15, 0.2) is 65.6 Å². The summed E-state index contributed by atoms with van der Waals surface area (Å²) >= 11 is 0. The third kappa shape index (κ3) is 8.38. The second kappa shape index (κ2) is 13.2. The van der Waals surface area contributed by atoms with E-state index in [1.165, 1.54) is 16.4 Å². The van der Waals surface area contributed by atoms with Crippen LogP contribution in [0.3, 0.4) is 0 Å². The highest BCUT2D eigenvalue weighted by Crippen LogP contribution is 2.27. The molecule has 0 spiro atoms. The topological polar surface area (TPSA) is 130 Å². The smallest absolute Gasteiger partial charge is 0.243 e. The minimum absolute atomic E-state index is 0.145. The number of aliphatic hydroxyl groups excluding tert-OH is 1. The SMILES string of the molecule is CC(C)CCN(CC(O)[C@H](Cc1ccccc1)NC(=O)C(C)C(C)(C)C(N)=O)S(=O)(=O)c1ccccc1. The molecule has 2 unspecified atom stereocenters. The molecule has 37 heavy (non-hydrogen) atoms. The first-order valence-corrected chi connectivity index (χ1v) is 14.1. The Morgan fingerprint density at radius 3 is 2.05 bits per heavy atom. The molecule has 2 rings (SSSR count). The van der Waals surface area contributed by atoms with Crippen molar-refractivity contribution < 1.29 is 23.1 Å². The summed E-state index contributed by atoms with van der Waals surface area (Å²) in [6.45, 7) is 8.85. The number of hydrogen-bond acceptors (Lipinski definition) is 5. The molecular weight excluding hydrogens is 490 g/mol. The van der Waals surface area contributed by atoms with Crippen LogP contribution in [0, 0.1) is 17.3 Å². The largest absolute Gasteiger partial charge is 0.390 e. The fraction of sp³-hybridized carbons (Fsp3) is 0.500. The van der Waals surface area contributed by atoms with Gasteiger partial charge < -0.3 is 16.2 Å². The maximum absolute atomic E-state index is 13.5. The summed E-state index contributed by atoms with van der Waals surface area (Å²) in [5, 5.41) is 14.2. The van der Waals surface area contributed by atoms with E-state index in [1.807, 2.05) is 44.2 Å². The van der Waals surface area contributed by atoms with Gasteiger partial charge in [0.1, 0.15) is 0 Å². The molecule has 3 atom stereocenters. The summed E-state index contributed by atoms with van der Waals surface area (Å²) in [5.74, 6) is -1.56. The number of benzene rings is 2. The Bertz CT molecular complexity index is 1120. The summed E-state index contributed by atoms with van der Waals surface area (Å²) in [6, 6.07) is 16.6. The first-order valence-electron chi connectivity index (χ1n) is 12.6. The summed E-state index contributed by atoms with van der Waals surface area (Å²) in [5.41, 5.74) is 5.27. The van der Waals surface area contributed by atoms with Crippen molar-refractivity contribution in [2.75, 3.05) is 13.1 Å². The van der Waals surface area contributed by atoms with Crippen molar-refractivity contribution in [2.24, 2.45) is 23.0 Å². The van der Waals surface area contributed by atoms with Gasteiger partial charge in [0.2, 0.25) is 21.8 Å². The summed E-state index contributed by atoms with van der Waals surface area (Å²) in [4.78, 5) is 25.2. The highest BCUT2D eigenvalue weighted by molar-refractivity contribution is 7.89. The Balaban J connectivity index is 2.35. The fourth-order valence-corrected chi connectivity index (χ4v) is 5.28. The molecule has 2 aromatic rings. The van der Waals surface area contributed by atoms with Crippen molar-refractivity contribution >= 4 is 21.8 Å². The van der Waals surface area contributed by atoms with Gasteiger partial charge in [-0.3, -0.25) is 9.59 Å². The Kier molecular flexibility index (Phi) is 10.8. The van der Waals surface area contributed by atoms with Crippen molar-refractivity contribution in [2.45, 2.75) is 64.5 Å². The van der Waals surface area contributed by atoms with Crippen LogP contribution in [0.5, 0.6) is 0 Å². The van der Waals surface area contributed by atoms with Crippen molar-refractivity contribution in [3.63, 3.8) is 0 Å². The van der Waals surface area contributed by atoms with Crippen LogP contribution in [0.25, 0.3) is 0 Å². The van der Waals surface area contributed by atoms with E-state index in [4.69, 9.17) is 5.73 Å². The average molecular weight is 532 g/mol. The lowest BCUT2D eigenvalue weighted by molar-refractivity contribution is -0.138. The van der Waals surface area contributed by atoms with E-state index in [-0.39, 0.29) is 30.3 Å². The molecule has 0 heterocycles. The fourth-order valence-electron chi connectivity index (χ4n) is 3.79. The number of nitrogens with zero attached hydrogens (tertiary/aromatic N) is 1. The molecule has 2 aromatic carbocycles. The number of nitrogens with two attached hydrogens (primary N) is 1. The predicted molar refractivity (Wildman–Crippen MR) is 145 cm³/mol. The van der Waals surface area contributed by atoms with E-state index < -0.39 is 45.3 Å². The number of rotatable bonds is 14. The average Bonchev–Trinajstić information content (AvgIpc) is 2.86. The standard InChI is InChI=1S/C28H41N3O5S/c1-20(2)16-17-31(37(35,36)23-14-10-7-11-15-23)19-25(32)24(18-22-12-8-6-9-13-22)30-26(33)21(3)28(4,5)27(29)34/h6-15,20-21,24-25,32H,16-19H2,1-5H3,(H2,29,34)(H,30,33)/t21?,24-,25?/m0/s1. The van der Waals surface area contributed by atoms with E-state index in [2.05, 4.69) is 5.32 Å². The summed E-state index contributed by atoms with van der Waals surface area (Å²) < 4.78 is 28.2. The second-order valence-electron chi connectivity index (χ2n) is 10.5. The molecule has 0 aliphatic heterocycles. The lowest BCUT2D eigenvalue weighted by Crippen LogP contribution is -2.54. The van der Waals surface area contributed by atoms with Crippen LogP contribution < -0.4 is 11.1 Å². The van der Waals surface area contributed by atoms with E-state index in [9.17, 15) is 23.1 Å². The third-order valence-corrected chi connectivity index (χ3v) is 8.81. The van der Waals surface area contributed by atoms with Gasteiger partial charge in [-0.05, 0) is 36.5 Å². The van der Waals surface area contributed by atoms with Crippen molar-refractivity contribution in [3.8, 4) is 0 Å². The molecule has 0 saturated carbocycles. The van der Waals surface area contributed by atoms with Crippen LogP contribution in [-0.4, -0.2) is 54.9 Å². The van der Waals surface area contributed by atoms with Crippen LogP contribution >= 0.6 is 0 Å². The molecule has 0 aromatic heterocycles. The lowest BCUT2D eigenvalue weighted by Gasteiger charge is -2.33. The Morgan fingerprint density at radius 2 is 1.54 bits per heavy atom. The number of sulfonamides is 1. The van der Waals surface area contributed by atoms with Crippen molar-refractivity contribution in [1.82, 2.24) is 9.62 Å². The number of nitrogens with one attached hydrogen (secondary N) is 1. The zero-order valence-electron chi connectivity index (χ0n) is 22.4. The van der Waals surface area contributed by atoms with Gasteiger partial charge in [0.05, 0.1) is 22.5 Å². The van der Waals surface area contributed by atoms with Gasteiger partial charge in [0.25, 0.3) is 0 Å². The number of hydrogen-bond donors (Lipinski definition) is 3. The highest BCUT2D eigenvalue weighted by atomic mass is 32.2. The predicted octanol–water partition coefficient (Wildman–Crippen LogP) is 2.96. The molecule has 2 amide bonds. The van der Waals surface area contributed by atoms with Crippen LogP contribution in [0.2, 0.25) is 0 Å². The van der Waals surface area contributed by atoms with Gasteiger partial charge in [-0.25, -0.2) is 8.42 Å². The first kappa shape index (κ1) is 30.5. The molecule has 9 heteroatoms. The zero-order chi connectivity index (χ0) is 27.8. The molecule has 4 N–H and O–H groups in total. The molecule has 8 nitrogen and oxygen atoms in total. The zero-order valence-corrected chi connectivity index (χ0v) is 23.2. The van der Waals surface area contributed by atoms with Gasteiger partial charge in [-0.2, -0.15) is 4.31 Å². The van der Waals surface area contributed by atoms with E-state index in [0.717, 1.165) is 5.56 Å². The Hall–Kier alpha value is -2.75. The van der Waals surface area contributed by atoms with Crippen LogP contribution in [-0.2, 0) is 26.0 Å². The lowest BCUT2D eigenvalue weighted by atomic mass is 9.78. The molecule has 0 bridgehead atoms. The maximum atomic E-state index is 13.5. The molecule has 0 saturated heterocycles. The molecule has 204 valence electrons. The van der Waals surface area contributed by atoms with E-state index >= 15 is 0 Å². The van der Waals surface area contributed by atoms with E-state index in [1.54, 1.807) is 39.0 Å². The number of amides is 2. The summed E-state index contributed by atoms with van der Waals surface area (Å²) in [7, 11) is -3.88. The maximum Gasteiger partial charge on any atom is 0.243 e. The van der Waals surface area contributed by atoms with E-state index in [0.29, 0.717) is 6.42 Å². The van der Waals surface area contributed by atoms with Crippen LogP contribution in [0.1, 0.15) is 46.6 Å². The number of carbonyl (C=O) groups excluding carboxylic acids is 2. The molecule has 0 aliphatic rings. The molecule has 0 fully saturated rings. The number of primary amides is 1. The molecule has 0 aliphatic carbocycles. The van der Waals surface area contributed by atoms with Gasteiger partial charge in [0.15, 0.2) is 0 Å². The minimum atomic E-state index is -3.88. The minimum Gasteiger partial charge on any atom is -0.390 e. The number of carbonyl (C=O) groups is 2. The number of aliphatic hydroxyl groups is 1.